The van der Waals surface area contributed by atoms with E-state index in [0.29, 0.717) is 22.8 Å². The Morgan fingerprint density at radius 2 is 1.42 bits per heavy atom. The maximum absolute atomic E-state index is 14.6. The molecule has 3 aliphatic carbocycles. The molecule has 0 radical (unpaired) electrons. The van der Waals surface area contributed by atoms with Crippen LogP contribution in [-0.2, 0) is 34.7 Å². The van der Waals surface area contributed by atoms with E-state index in [4.69, 9.17) is 28.3 Å². The number of benzene rings is 2. The summed E-state index contributed by atoms with van der Waals surface area (Å²) in [7, 11) is 0.607. The predicted octanol–water partition coefficient (Wildman–Crippen LogP) is 7.17. The Hall–Kier alpha value is -4.10. The lowest BCUT2D eigenvalue weighted by Gasteiger charge is -2.64. The standard InChI is InChI=1S/C42H59BN2O10/c1-38(2,3)51-35(47)25-19-17-24(18-20-25)32(45-37(49)53-40(7,8)9)34(46)44-31(43-54-30-23-27-22-29(41(27,10)11)42(30,12)55-43)21-26-15-14-16-28(33(26)50-13)36(48)52-39(4,5)6/h14-20,27,29-32H,21-23H2,1-13H3,(H,44,46)(H,45,49)/t27-,29-,30+,31-,32?,42-/m0/s1. The molecule has 1 aliphatic heterocycles. The average molecular weight is 763 g/mol. The van der Waals surface area contributed by atoms with Gasteiger partial charge in [0.05, 0.1) is 30.3 Å². The lowest BCUT2D eigenvalue weighted by atomic mass is 9.43. The Balaban J connectivity index is 1.50. The molecule has 0 spiro atoms. The Labute approximate surface area is 326 Å². The molecular formula is C42H59BN2O10. The van der Waals surface area contributed by atoms with Crippen LogP contribution in [0.25, 0.3) is 0 Å². The molecule has 3 saturated carbocycles. The lowest BCUT2D eigenvalue weighted by molar-refractivity contribution is -0.199. The maximum atomic E-state index is 14.6. The number of carbonyl (C=O) groups excluding carboxylic acids is 4. The zero-order valence-electron chi connectivity index (χ0n) is 34.7. The molecule has 300 valence electrons. The number of hydrogen-bond donors (Lipinski definition) is 2. The monoisotopic (exact) mass is 762 g/mol. The van der Waals surface area contributed by atoms with Crippen LogP contribution in [0.1, 0.15) is 134 Å². The van der Waals surface area contributed by atoms with Crippen LogP contribution in [0.4, 0.5) is 4.79 Å². The van der Waals surface area contributed by atoms with Crippen molar-refractivity contribution >= 4 is 31.1 Å². The van der Waals surface area contributed by atoms with E-state index in [0.717, 1.165) is 12.8 Å². The van der Waals surface area contributed by atoms with Crippen molar-refractivity contribution < 1.29 is 47.4 Å². The Bertz CT molecular complexity index is 1770. The van der Waals surface area contributed by atoms with E-state index in [1.54, 1.807) is 98.7 Å². The first-order chi connectivity index (χ1) is 25.3. The predicted molar refractivity (Wildman–Crippen MR) is 208 cm³/mol. The molecular weight excluding hydrogens is 703 g/mol. The van der Waals surface area contributed by atoms with Crippen LogP contribution in [0.3, 0.4) is 0 Å². The van der Waals surface area contributed by atoms with E-state index in [2.05, 4.69) is 31.4 Å². The van der Waals surface area contributed by atoms with Crippen LogP contribution in [0.2, 0.25) is 0 Å². The number of hydrogen-bond acceptors (Lipinski definition) is 10. The molecule has 2 aromatic carbocycles. The van der Waals surface area contributed by atoms with Crippen molar-refractivity contribution in [3.8, 4) is 5.75 Å². The van der Waals surface area contributed by atoms with Crippen molar-refractivity contribution in [3.63, 3.8) is 0 Å². The minimum absolute atomic E-state index is 0.0844. The number of nitrogens with one attached hydrogen (secondary N) is 2. The van der Waals surface area contributed by atoms with Gasteiger partial charge in [0.1, 0.15) is 34.2 Å². The lowest BCUT2D eigenvalue weighted by Crippen LogP contribution is -2.65. The fourth-order valence-corrected chi connectivity index (χ4v) is 8.14. The van der Waals surface area contributed by atoms with Gasteiger partial charge < -0.3 is 38.9 Å². The van der Waals surface area contributed by atoms with Crippen LogP contribution >= 0.6 is 0 Å². The minimum Gasteiger partial charge on any atom is -0.496 e. The van der Waals surface area contributed by atoms with E-state index >= 15 is 0 Å². The Morgan fingerprint density at radius 1 is 0.818 bits per heavy atom. The average Bonchev–Trinajstić information content (AvgIpc) is 3.41. The molecule has 2 amide bonds. The van der Waals surface area contributed by atoms with Gasteiger partial charge in [-0.15, -0.1) is 0 Å². The normalized spacial score (nSPS) is 24.0. The highest BCUT2D eigenvalue weighted by molar-refractivity contribution is 6.48. The molecule has 2 bridgehead atoms. The van der Waals surface area contributed by atoms with Crippen LogP contribution in [0, 0.1) is 17.3 Å². The minimum atomic E-state index is -1.24. The van der Waals surface area contributed by atoms with Gasteiger partial charge in [0.25, 0.3) is 0 Å². The third kappa shape index (κ3) is 9.48. The second-order valence-corrected chi connectivity index (χ2v) is 18.9. The number of para-hydroxylation sites is 1. The summed E-state index contributed by atoms with van der Waals surface area (Å²) in [4.78, 5) is 53.9. The number of esters is 2. The number of ether oxygens (including phenoxy) is 4. The van der Waals surface area contributed by atoms with Crippen molar-refractivity contribution in [1.29, 1.82) is 0 Å². The van der Waals surface area contributed by atoms with Crippen LogP contribution < -0.4 is 15.4 Å². The van der Waals surface area contributed by atoms with E-state index in [1.165, 1.54) is 7.11 Å². The topological polar surface area (TPSA) is 148 Å². The summed E-state index contributed by atoms with van der Waals surface area (Å²) < 4.78 is 36.1. The zero-order valence-corrected chi connectivity index (χ0v) is 34.7. The summed E-state index contributed by atoms with van der Waals surface area (Å²) in [6.45, 7) is 22.5. The highest BCUT2D eigenvalue weighted by Crippen LogP contribution is 2.65. The third-order valence-electron chi connectivity index (χ3n) is 10.8. The number of methoxy groups -OCH3 is 1. The van der Waals surface area contributed by atoms with Crippen LogP contribution in [0.15, 0.2) is 42.5 Å². The fourth-order valence-electron chi connectivity index (χ4n) is 8.14. The molecule has 1 heterocycles. The summed E-state index contributed by atoms with van der Waals surface area (Å²) in [5.74, 6) is -1.36. The molecule has 2 N–H and O–H groups in total. The molecule has 4 aliphatic rings. The molecule has 12 nitrogen and oxygen atoms in total. The third-order valence-corrected chi connectivity index (χ3v) is 10.8. The van der Waals surface area contributed by atoms with Gasteiger partial charge in [-0.2, -0.15) is 0 Å². The zero-order chi connectivity index (χ0) is 40.9. The van der Waals surface area contributed by atoms with E-state index < -0.39 is 65.4 Å². The van der Waals surface area contributed by atoms with Crippen LogP contribution in [0.5, 0.6) is 5.75 Å². The molecule has 1 unspecified atom stereocenters. The summed E-state index contributed by atoms with van der Waals surface area (Å²) in [5, 5.41) is 5.86. The van der Waals surface area contributed by atoms with E-state index in [9.17, 15) is 19.2 Å². The summed E-state index contributed by atoms with van der Waals surface area (Å²) in [6, 6.07) is 10.2. The van der Waals surface area contributed by atoms with E-state index in [-0.39, 0.29) is 35.0 Å². The van der Waals surface area contributed by atoms with Gasteiger partial charge in [0, 0.05) is 0 Å². The summed E-state index contributed by atoms with van der Waals surface area (Å²) in [5.41, 5.74) is -1.23. The first-order valence-electron chi connectivity index (χ1n) is 19.2. The number of carbonyl (C=O) groups is 4. The molecule has 2 aromatic rings. The fraction of sp³-hybridized carbons (Fsp3) is 0.619. The largest absolute Gasteiger partial charge is 0.496 e. The van der Waals surface area contributed by atoms with Crippen molar-refractivity contribution in [2.24, 2.45) is 17.3 Å². The van der Waals surface area contributed by atoms with Crippen molar-refractivity contribution in [3.05, 3.63) is 64.7 Å². The highest BCUT2D eigenvalue weighted by Gasteiger charge is 2.68. The maximum Gasteiger partial charge on any atom is 0.482 e. The summed E-state index contributed by atoms with van der Waals surface area (Å²) >= 11 is 0. The van der Waals surface area contributed by atoms with Gasteiger partial charge >= 0.3 is 25.2 Å². The van der Waals surface area contributed by atoms with Gasteiger partial charge in [0.2, 0.25) is 5.91 Å². The van der Waals surface area contributed by atoms with Gasteiger partial charge in [-0.3, -0.25) is 4.79 Å². The molecule has 6 rings (SSSR count). The second kappa shape index (κ2) is 15.1. The smallest absolute Gasteiger partial charge is 0.482 e. The van der Waals surface area contributed by atoms with E-state index in [1.807, 2.05) is 6.07 Å². The number of alkyl carbamates (subject to hydrolysis) is 1. The molecule has 4 fully saturated rings. The quantitative estimate of drug-likeness (QED) is 0.145. The molecule has 55 heavy (non-hydrogen) atoms. The molecule has 13 heteroatoms. The van der Waals surface area contributed by atoms with Crippen molar-refractivity contribution in [1.82, 2.24) is 10.6 Å². The highest BCUT2D eigenvalue weighted by atomic mass is 16.7. The molecule has 1 saturated heterocycles. The Morgan fingerprint density at radius 3 is 1.98 bits per heavy atom. The summed E-state index contributed by atoms with van der Waals surface area (Å²) in [6.07, 6.45) is 1.04. The molecule has 6 atom stereocenters. The van der Waals surface area contributed by atoms with Gasteiger partial charge in [0.15, 0.2) is 0 Å². The van der Waals surface area contributed by atoms with Crippen molar-refractivity contribution in [2.45, 2.75) is 143 Å². The Kier molecular flexibility index (Phi) is 11.5. The van der Waals surface area contributed by atoms with Gasteiger partial charge in [-0.05, 0) is 135 Å². The van der Waals surface area contributed by atoms with Crippen LogP contribution in [-0.4, -0.2) is 72.6 Å². The SMILES string of the molecule is COc1c(C[C@H](NC(=O)C(NC(=O)OC(C)(C)C)c2ccc(C(=O)OC(C)(C)C)cc2)B2O[C@@H]3C[C@@H]4C[C@@H](C4(C)C)[C@]3(C)O2)cccc1C(=O)OC(C)(C)C. The molecule has 0 aromatic heterocycles. The number of rotatable bonds is 10. The van der Waals surface area contributed by atoms with Gasteiger partial charge in [-0.1, -0.05) is 38.1 Å². The van der Waals surface area contributed by atoms with Gasteiger partial charge in [-0.25, -0.2) is 14.4 Å². The number of amides is 2. The second-order valence-electron chi connectivity index (χ2n) is 18.9. The first-order valence-corrected chi connectivity index (χ1v) is 19.2. The van der Waals surface area contributed by atoms with Crippen molar-refractivity contribution in [2.75, 3.05) is 7.11 Å². The first kappa shape index (κ1) is 42.1.